The van der Waals surface area contributed by atoms with Gasteiger partial charge in [0.25, 0.3) is 0 Å². The summed E-state index contributed by atoms with van der Waals surface area (Å²) in [5, 5.41) is 3.53. The summed E-state index contributed by atoms with van der Waals surface area (Å²) < 4.78 is 31.2. The smallest absolute Gasteiger partial charge is 0.168 e. The van der Waals surface area contributed by atoms with Gasteiger partial charge in [0, 0.05) is 47.7 Å². The van der Waals surface area contributed by atoms with Crippen molar-refractivity contribution in [1.82, 2.24) is 19.5 Å². The van der Waals surface area contributed by atoms with E-state index in [4.69, 9.17) is 18.5 Å². The molecule has 0 aliphatic carbocycles. The molecule has 0 unspecified atom stereocenters. The SMILES string of the molecule is CC(C)c1cc(-c2ccccc2)cc(C(C)C)c1-n1c(-c2[c-]ccc3c2oc2ccccc23)nc2ncc(C(C)(C)C)cc21.[2H]C([2H])([2H])c1c[c-]c(-c2cc(C(C)C)c([Si](C)(C)C)cn2)cc1.[Ir]. The van der Waals surface area contributed by atoms with Gasteiger partial charge in [-0.25, -0.2) is 4.98 Å². The Balaban J connectivity index is 0.000000242. The van der Waals surface area contributed by atoms with Crippen molar-refractivity contribution in [3.8, 4) is 39.5 Å². The van der Waals surface area contributed by atoms with E-state index >= 15 is 0 Å². The number of aromatic nitrogens is 4. The summed E-state index contributed by atoms with van der Waals surface area (Å²) in [5.41, 5.74) is 14.8. The minimum Gasteiger partial charge on any atom is -0.501 e. The number of aryl methyl sites for hydroxylation is 1. The Morgan fingerprint density at radius 3 is 2.00 bits per heavy atom. The third-order valence-electron chi connectivity index (χ3n) is 12.1. The first kappa shape index (κ1) is 43.4. The molecule has 1 radical (unpaired) electrons. The van der Waals surface area contributed by atoms with Gasteiger partial charge < -0.3 is 14.0 Å². The van der Waals surface area contributed by atoms with E-state index in [9.17, 15) is 0 Å². The number of furan rings is 1. The summed E-state index contributed by atoms with van der Waals surface area (Å²) in [4.78, 5) is 14.8. The summed E-state index contributed by atoms with van der Waals surface area (Å²) >= 11 is 0. The van der Waals surface area contributed by atoms with E-state index < -0.39 is 14.9 Å². The molecule has 9 rings (SSSR count). The van der Waals surface area contributed by atoms with Crippen molar-refractivity contribution in [2.75, 3.05) is 0 Å². The van der Waals surface area contributed by atoms with Gasteiger partial charge in [-0.3, -0.25) is 4.98 Å². The molecule has 0 amide bonds. The molecule has 0 saturated carbocycles. The number of hydrogen-bond acceptors (Lipinski definition) is 4. The molecular formula is C58H62IrN4OSi-2. The van der Waals surface area contributed by atoms with Crippen molar-refractivity contribution in [3.05, 3.63) is 162 Å². The average Bonchev–Trinajstić information content (AvgIpc) is 3.86. The molecule has 335 valence electrons. The van der Waals surface area contributed by atoms with Crippen molar-refractivity contribution < 1.29 is 28.6 Å². The number of nitrogens with zero attached hydrogens (tertiary/aromatic N) is 4. The summed E-state index contributed by atoms with van der Waals surface area (Å²) in [7, 11) is -1.45. The van der Waals surface area contributed by atoms with Gasteiger partial charge in [-0.05, 0) is 86.1 Å². The first-order valence-corrected chi connectivity index (χ1v) is 26.1. The van der Waals surface area contributed by atoms with Gasteiger partial charge in [-0.15, -0.1) is 53.6 Å². The van der Waals surface area contributed by atoms with Gasteiger partial charge in [-0.2, -0.15) is 0 Å². The van der Waals surface area contributed by atoms with Gasteiger partial charge >= 0.3 is 0 Å². The Morgan fingerprint density at radius 2 is 1.38 bits per heavy atom. The maximum Gasteiger partial charge on any atom is 0.168 e. The molecule has 9 aromatic rings. The Kier molecular flexibility index (Phi) is 12.6. The Labute approximate surface area is 405 Å². The zero-order valence-corrected chi connectivity index (χ0v) is 43.2. The molecular weight excluding hydrogens is 989 g/mol. The van der Waals surface area contributed by atoms with Gasteiger partial charge in [0.05, 0.1) is 25.0 Å². The standard InChI is InChI=1S/C40H38N3O.C18H24NSi.Ir/c1-24(2)32-20-27(26-14-9-8-10-15-26)21-33(25(3)4)36(32)43-34-22-28(40(5,6)7)23-41-38(34)42-39(43)31-18-13-17-30-29-16-11-12-19-35(29)44-37(30)31;1-13(2)16-11-17(15-9-7-14(3)8-10-15)19-12-18(16)20(4,5)6;/h8-17,19-25H,1-7H3;7-9,11-13H,1-6H3;/q2*-1;/i;3D3;. The molecule has 5 nitrogen and oxygen atoms in total. The van der Waals surface area contributed by atoms with Crippen LogP contribution in [0.2, 0.25) is 19.6 Å². The molecule has 7 heteroatoms. The summed E-state index contributed by atoms with van der Waals surface area (Å²) in [6.45, 7) is 25.1. The molecule has 0 spiro atoms. The number of fused-ring (bicyclic) bond motifs is 4. The maximum absolute atomic E-state index is 7.44. The predicted molar refractivity (Wildman–Crippen MR) is 273 cm³/mol. The Hall–Kier alpha value is -5.46. The van der Waals surface area contributed by atoms with Crippen LogP contribution in [0.25, 0.3) is 72.6 Å². The van der Waals surface area contributed by atoms with Crippen molar-refractivity contribution >= 4 is 46.4 Å². The van der Waals surface area contributed by atoms with Gasteiger partial charge in [-0.1, -0.05) is 160 Å². The van der Waals surface area contributed by atoms with E-state index in [0.717, 1.165) is 50.1 Å². The molecule has 4 aromatic heterocycles. The summed E-state index contributed by atoms with van der Waals surface area (Å²) in [6, 6.07) is 43.7. The quantitative estimate of drug-likeness (QED) is 0.112. The van der Waals surface area contributed by atoms with Gasteiger partial charge in [0.2, 0.25) is 0 Å². The fraction of sp³-hybridized carbons (Fsp3) is 0.293. The summed E-state index contributed by atoms with van der Waals surface area (Å²) in [5.74, 6) is 1.75. The number of benzene rings is 5. The van der Waals surface area contributed by atoms with Gasteiger partial charge in [0.15, 0.2) is 5.65 Å². The molecule has 5 aromatic carbocycles. The molecule has 0 saturated heterocycles. The van der Waals surface area contributed by atoms with Crippen LogP contribution >= 0.6 is 0 Å². The number of imidazole rings is 1. The average molecular weight is 1050 g/mol. The molecule has 0 aliphatic heterocycles. The van der Waals surface area contributed by atoms with Gasteiger partial charge in [0.1, 0.15) is 5.58 Å². The first-order valence-electron chi connectivity index (χ1n) is 24.1. The van der Waals surface area contributed by atoms with Crippen LogP contribution < -0.4 is 5.19 Å². The van der Waals surface area contributed by atoms with Crippen LogP contribution in [-0.4, -0.2) is 27.6 Å². The van der Waals surface area contributed by atoms with Crippen LogP contribution in [-0.2, 0) is 25.5 Å². The van der Waals surface area contributed by atoms with Crippen LogP contribution in [0.5, 0.6) is 0 Å². The van der Waals surface area contributed by atoms with Crippen LogP contribution in [0.1, 0.15) is 112 Å². The third kappa shape index (κ3) is 9.61. The summed E-state index contributed by atoms with van der Waals surface area (Å²) in [6.07, 6.45) is 3.97. The molecule has 4 heterocycles. The zero-order valence-electron chi connectivity index (χ0n) is 42.8. The number of pyridine rings is 2. The molecule has 65 heavy (non-hydrogen) atoms. The van der Waals surface area contributed by atoms with Crippen molar-refractivity contribution in [3.63, 3.8) is 0 Å². The van der Waals surface area contributed by atoms with Crippen LogP contribution in [0.3, 0.4) is 0 Å². The molecule has 0 fully saturated rings. The third-order valence-corrected chi connectivity index (χ3v) is 14.2. The second-order valence-corrected chi connectivity index (χ2v) is 25.1. The topological polar surface area (TPSA) is 56.7 Å². The van der Waals surface area contributed by atoms with Crippen LogP contribution in [0.15, 0.2) is 126 Å². The van der Waals surface area contributed by atoms with Crippen LogP contribution in [0, 0.1) is 19.0 Å². The van der Waals surface area contributed by atoms with Crippen LogP contribution in [0.4, 0.5) is 0 Å². The van der Waals surface area contributed by atoms with Crippen molar-refractivity contribution in [2.45, 2.75) is 112 Å². The predicted octanol–water partition coefficient (Wildman–Crippen LogP) is 15.5. The minimum atomic E-state index is -2.09. The Bertz CT molecular complexity index is 3200. The molecule has 0 aliphatic rings. The van der Waals surface area contributed by atoms with Crippen molar-refractivity contribution in [1.29, 1.82) is 0 Å². The number of hydrogen-bond donors (Lipinski definition) is 0. The fourth-order valence-corrected chi connectivity index (χ4v) is 10.2. The van der Waals surface area contributed by atoms with E-state index in [-0.39, 0.29) is 37.4 Å². The Morgan fingerprint density at radius 1 is 0.708 bits per heavy atom. The fourth-order valence-electron chi connectivity index (χ4n) is 8.54. The van der Waals surface area contributed by atoms with Crippen molar-refractivity contribution in [2.24, 2.45) is 0 Å². The molecule has 0 N–H and O–H groups in total. The second-order valence-electron chi connectivity index (χ2n) is 20.0. The largest absolute Gasteiger partial charge is 0.501 e. The number of para-hydroxylation sites is 1. The monoisotopic (exact) mass is 1050 g/mol. The van der Waals surface area contributed by atoms with E-state index in [0.29, 0.717) is 17.1 Å². The van der Waals surface area contributed by atoms with E-state index in [1.54, 1.807) is 18.2 Å². The second kappa shape index (κ2) is 18.8. The first-order chi connectivity index (χ1) is 31.6. The zero-order chi connectivity index (χ0) is 48.2. The normalized spacial score (nSPS) is 12.9. The minimum absolute atomic E-state index is 0. The molecule has 0 bridgehead atoms. The maximum atomic E-state index is 7.44. The van der Waals surface area contributed by atoms with E-state index in [1.165, 1.54) is 44.3 Å². The molecule has 0 atom stereocenters. The number of rotatable bonds is 8. The van der Waals surface area contributed by atoms with E-state index in [1.807, 2.05) is 30.6 Å². The van der Waals surface area contributed by atoms with E-state index in [2.05, 4.69) is 176 Å².